The van der Waals surface area contributed by atoms with Gasteiger partial charge in [-0.2, -0.15) is 0 Å². The topological polar surface area (TPSA) is 55.7 Å². The Bertz CT molecular complexity index is 739. The monoisotopic (exact) mass is 416 g/mol. The molecule has 11 atom stereocenters. The van der Waals surface area contributed by atoms with Crippen molar-refractivity contribution in [3.05, 3.63) is 12.2 Å². The van der Waals surface area contributed by atoms with E-state index in [2.05, 4.69) is 57.2 Å². The van der Waals surface area contributed by atoms with Crippen molar-refractivity contribution in [1.82, 2.24) is 10.2 Å². The molecule has 3 N–H and O–H groups in total. The Kier molecular flexibility index (Phi) is 4.68. The highest BCUT2D eigenvalue weighted by molar-refractivity contribution is 5.36. The van der Waals surface area contributed by atoms with Gasteiger partial charge in [0.1, 0.15) is 0 Å². The average Bonchev–Trinajstić information content (AvgIpc) is 3.27. The van der Waals surface area contributed by atoms with E-state index in [0.717, 1.165) is 6.42 Å². The van der Waals surface area contributed by atoms with Crippen LogP contribution < -0.4 is 5.32 Å². The van der Waals surface area contributed by atoms with Crippen LogP contribution in [0.3, 0.4) is 0 Å². The van der Waals surface area contributed by atoms with Crippen LogP contribution in [-0.2, 0) is 0 Å². The number of hydrogen-bond donors (Lipinski definition) is 3. The van der Waals surface area contributed by atoms with Crippen molar-refractivity contribution in [2.75, 3.05) is 27.7 Å². The van der Waals surface area contributed by atoms with Gasteiger partial charge in [-0.1, -0.05) is 26.0 Å². The Labute approximate surface area is 183 Å². The molecule has 5 aliphatic rings. The van der Waals surface area contributed by atoms with E-state index in [4.69, 9.17) is 0 Å². The van der Waals surface area contributed by atoms with E-state index >= 15 is 0 Å². The largest absolute Gasteiger partial charge is 0.396 e. The Morgan fingerprint density at radius 1 is 1.10 bits per heavy atom. The van der Waals surface area contributed by atoms with E-state index in [9.17, 15) is 10.2 Å². The maximum Gasteiger partial charge on any atom is 0.0591 e. The highest BCUT2D eigenvalue weighted by Crippen LogP contribution is 2.86. The molecule has 30 heavy (non-hydrogen) atoms. The minimum atomic E-state index is -0.189. The molecule has 0 aromatic rings. The van der Waals surface area contributed by atoms with Crippen molar-refractivity contribution in [2.45, 2.75) is 77.5 Å². The first kappa shape index (κ1) is 21.4. The van der Waals surface area contributed by atoms with E-state index in [1.54, 1.807) is 0 Å². The quantitative estimate of drug-likeness (QED) is 0.616. The van der Waals surface area contributed by atoms with Gasteiger partial charge in [0, 0.05) is 23.4 Å². The first-order chi connectivity index (χ1) is 14.1. The average molecular weight is 417 g/mol. The van der Waals surface area contributed by atoms with Crippen molar-refractivity contribution in [3.63, 3.8) is 0 Å². The van der Waals surface area contributed by atoms with Gasteiger partial charge in [-0.15, -0.1) is 0 Å². The lowest BCUT2D eigenvalue weighted by Gasteiger charge is -2.59. The fourth-order valence-electron chi connectivity index (χ4n) is 10.2. The second kappa shape index (κ2) is 6.56. The zero-order valence-electron chi connectivity index (χ0n) is 20.0. The standard InChI is InChI=1S/C26H44N2O2/c1-16(27-4)22-17-9-11-25-14-26(25)12-10-21(28(5)6)24(3,15-29)20(26)8-7-19(25)23(17,2)13-18(22)30/h7-8,16-22,27,29-30H,9-15H2,1-6H3. The number of rotatable bonds is 4. The van der Waals surface area contributed by atoms with E-state index in [-0.39, 0.29) is 23.5 Å². The molecule has 0 aliphatic heterocycles. The van der Waals surface area contributed by atoms with Crippen LogP contribution in [0.15, 0.2) is 12.2 Å². The van der Waals surface area contributed by atoms with Gasteiger partial charge in [-0.25, -0.2) is 0 Å². The molecule has 4 heteroatoms. The maximum atomic E-state index is 11.1. The van der Waals surface area contributed by atoms with E-state index in [0.29, 0.717) is 46.6 Å². The summed E-state index contributed by atoms with van der Waals surface area (Å²) in [6, 6.07) is 0.806. The Morgan fingerprint density at radius 3 is 2.37 bits per heavy atom. The summed E-state index contributed by atoms with van der Waals surface area (Å²) < 4.78 is 0. The van der Waals surface area contributed by atoms with Crippen LogP contribution >= 0.6 is 0 Å². The van der Waals surface area contributed by atoms with Gasteiger partial charge >= 0.3 is 0 Å². The molecule has 0 saturated heterocycles. The zero-order chi connectivity index (χ0) is 21.7. The van der Waals surface area contributed by atoms with Crippen LogP contribution in [0.2, 0.25) is 0 Å². The molecule has 0 heterocycles. The fourth-order valence-corrected chi connectivity index (χ4v) is 10.2. The van der Waals surface area contributed by atoms with Gasteiger partial charge in [0.15, 0.2) is 0 Å². The van der Waals surface area contributed by atoms with Crippen molar-refractivity contribution < 1.29 is 10.2 Å². The summed E-state index contributed by atoms with van der Waals surface area (Å²) >= 11 is 0. The van der Waals surface area contributed by atoms with Crippen molar-refractivity contribution in [2.24, 2.45) is 45.3 Å². The Balaban J connectivity index is 1.53. The van der Waals surface area contributed by atoms with E-state index in [1.165, 1.54) is 32.1 Å². The lowest BCUT2D eigenvalue weighted by atomic mass is 9.47. The van der Waals surface area contributed by atoms with Gasteiger partial charge in [0.2, 0.25) is 0 Å². The van der Waals surface area contributed by atoms with Gasteiger partial charge in [-0.3, -0.25) is 0 Å². The van der Waals surface area contributed by atoms with Crippen LogP contribution in [-0.4, -0.2) is 61.1 Å². The molecule has 4 fully saturated rings. The molecular weight excluding hydrogens is 372 g/mol. The molecule has 0 radical (unpaired) electrons. The summed E-state index contributed by atoms with van der Waals surface area (Å²) in [5.41, 5.74) is 0.917. The molecule has 4 nitrogen and oxygen atoms in total. The summed E-state index contributed by atoms with van der Waals surface area (Å²) in [6.45, 7) is 7.37. The summed E-state index contributed by atoms with van der Waals surface area (Å²) in [6.07, 6.45) is 12.3. The van der Waals surface area contributed by atoms with Gasteiger partial charge < -0.3 is 20.4 Å². The van der Waals surface area contributed by atoms with E-state index < -0.39 is 0 Å². The minimum Gasteiger partial charge on any atom is -0.396 e. The molecule has 4 saturated carbocycles. The Morgan fingerprint density at radius 2 is 1.73 bits per heavy atom. The maximum absolute atomic E-state index is 11.1. The molecule has 5 aliphatic carbocycles. The molecular formula is C26H44N2O2. The molecule has 170 valence electrons. The first-order valence-electron chi connectivity index (χ1n) is 12.4. The third kappa shape index (κ3) is 2.32. The molecule has 5 rings (SSSR count). The molecule has 0 aromatic heterocycles. The Hall–Kier alpha value is -0.420. The van der Waals surface area contributed by atoms with Crippen LogP contribution in [0.5, 0.6) is 0 Å². The van der Waals surface area contributed by atoms with Crippen LogP contribution in [0, 0.1) is 45.3 Å². The number of allylic oxidation sites excluding steroid dienone is 2. The molecule has 0 amide bonds. The predicted molar refractivity (Wildman–Crippen MR) is 121 cm³/mol. The normalized spacial score (nSPS) is 57.4. The number of aliphatic hydroxyl groups excluding tert-OH is 2. The lowest BCUT2D eigenvalue weighted by Crippen LogP contribution is -2.58. The number of nitrogens with zero attached hydrogens (tertiary/aromatic N) is 1. The summed E-state index contributed by atoms with van der Waals surface area (Å²) in [5, 5.41) is 25.2. The fraction of sp³-hybridized carbons (Fsp3) is 0.923. The lowest BCUT2D eigenvalue weighted by molar-refractivity contribution is -0.0915. The smallest absolute Gasteiger partial charge is 0.0591 e. The van der Waals surface area contributed by atoms with Gasteiger partial charge in [0.05, 0.1) is 12.7 Å². The van der Waals surface area contributed by atoms with E-state index in [1.807, 2.05) is 7.05 Å². The molecule has 0 bridgehead atoms. The second-order valence-electron chi connectivity index (χ2n) is 12.6. The third-order valence-electron chi connectivity index (χ3n) is 11.5. The van der Waals surface area contributed by atoms with Crippen LogP contribution in [0.4, 0.5) is 0 Å². The number of fused-ring (bicyclic) bond motifs is 2. The van der Waals surface area contributed by atoms with Crippen molar-refractivity contribution >= 4 is 0 Å². The van der Waals surface area contributed by atoms with Gasteiger partial charge in [-0.05, 0) is 101 Å². The molecule has 2 spiro atoms. The second-order valence-corrected chi connectivity index (χ2v) is 12.6. The van der Waals surface area contributed by atoms with Crippen LogP contribution in [0.1, 0.15) is 59.3 Å². The summed E-state index contributed by atoms with van der Waals surface area (Å²) in [7, 11) is 6.41. The summed E-state index contributed by atoms with van der Waals surface area (Å²) in [4.78, 5) is 2.35. The molecule has 0 aromatic carbocycles. The first-order valence-corrected chi connectivity index (χ1v) is 12.4. The number of aliphatic hydroxyl groups is 2. The SMILES string of the molecule is CNC(C)C1C(O)CC2(C)C1CCC13CC14CCC(N(C)C)C(C)(CO)C4C=CC23. The number of nitrogens with one attached hydrogen (secondary N) is 1. The third-order valence-corrected chi connectivity index (χ3v) is 11.5. The van der Waals surface area contributed by atoms with Crippen LogP contribution in [0.25, 0.3) is 0 Å². The van der Waals surface area contributed by atoms with Crippen molar-refractivity contribution in [3.8, 4) is 0 Å². The molecule has 11 unspecified atom stereocenters. The van der Waals surface area contributed by atoms with Crippen molar-refractivity contribution in [1.29, 1.82) is 0 Å². The highest BCUT2D eigenvalue weighted by atomic mass is 16.3. The van der Waals surface area contributed by atoms with Gasteiger partial charge in [0.25, 0.3) is 0 Å². The number of hydrogen-bond acceptors (Lipinski definition) is 4. The highest BCUT2D eigenvalue weighted by Gasteiger charge is 2.80. The zero-order valence-corrected chi connectivity index (χ0v) is 20.0. The minimum absolute atomic E-state index is 0.0666. The predicted octanol–water partition coefficient (Wildman–Crippen LogP) is 3.29. The summed E-state index contributed by atoms with van der Waals surface area (Å²) in [5.74, 6) is 2.03.